The van der Waals surface area contributed by atoms with Gasteiger partial charge in [-0.2, -0.15) is 4.39 Å². The molecule has 1 aromatic rings. The van der Waals surface area contributed by atoms with Crippen LogP contribution in [0, 0.1) is 21.7 Å². The Morgan fingerprint density at radius 3 is 2.76 bits per heavy atom. The summed E-state index contributed by atoms with van der Waals surface area (Å²) < 4.78 is 27.8. The lowest BCUT2D eigenvalue weighted by Gasteiger charge is -2.34. The Labute approximate surface area is 119 Å². The molecule has 1 atom stereocenters. The fraction of sp³-hybridized carbons (Fsp3) is 0.462. The number of hydrogen-bond donors (Lipinski definition) is 1. The summed E-state index contributed by atoms with van der Waals surface area (Å²) in [6.07, 6.45) is 1.98. The molecule has 1 fully saturated rings. The lowest BCUT2D eigenvalue weighted by Crippen LogP contribution is -2.46. The van der Waals surface area contributed by atoms with Crippen molar-refractivity contribution < 1.29 is 23.6 Å². The maximum atomic E-state index is 14.0. The number of rotatable bonds is 3. The van der Waals surface area contributed by atoms with Crippen molar-refractivity contribution in [3.8, 4) is 0 Å². The van der Waals surface area contributed by atoms with Gasteiger partial charge in [0.2, 0.25) is 5.82 Å². The highest BCUT2D eigenvalue weighted by Crippen LogP contribution is 2.27. The molecule has 0 aliphatic carbocycles. The molecule has 21 heavy (non-hydrogen) atoms. The highest BCUT2D eigenvalue weighted by Gasteiger charge is 2.33. The normalized spacial score (nSPS) is 18.6. The fourth-order valence-electron chi connectivity index (χ4n) is 2.48. The lowest BCUT2D eigenvalue weighted by molar-refractivity contribution is -0.387. The van der Waals surface area contributed by atoms with Gasteiger partial charge in [-0.15, -0.1) is 0 Å². The topological polar surface area (TPSA) is 83.7 Å². The van der Waals surface area contributed by atoms with E-state index in [9.17, 15) is 28.8 Å². The third-order valence-electron chi connectivity index (χ3n) is 3.58. The Morgan fingerprint density at radius 2 is 2.14 bits per heavy atom. The number of amides is 1. The van der Waals surface area contributed by atoms with Gasteiger partial charge in [0, 0.05) is 12.6 Å². The van der Waals surface area contributed by atoms with Gasteiger partial charge in [-0.1, -0.05) is 0 Å². The molecule has 1 aliphatic heterocycles. The van der Waals surface area contributed by atoms with Gasteiger partial charge in [0.15, 0.2) is 0 Å². The Bertz CT molecular complexity index is 580. The van der Waals surface area contributed by atoms with Crippen LogP contribution >= 0.6 is 0 Å². The smallest absolute Gasteiger partial charge is 0.305 e. The first kappa shape index (κ1) is 15.3. The number of nitro groups is 1. The Balaban J connectivity index is 2.42. The number of benzene rings is 1. The van der Waals surface area contributed by atoms with E-state index in [0.29, 0.717) is 25.0 Å². The molecule has 1 aliphatic rings. The number of likely N-dealkylation sites (tertiary alicyclic amines) is 1. The molecule has 0 radical (unpaired) electrons. The van der Waals surface area contributed by atoms with E-state index in [0.717, 1.165) is 6.42 Å². The number of aliphatic hydroxyl groups excluding tert-OH is 1. The van der Waals surface area contributed by atoms with Crippen LogP contribution in [-0.2, 0) is 0 Å². The Hall–Kier alpha value is -2.09. The Morgan fingerprint density at radius 1 is 1.43 bits per heavy atom. The minimum Gasteiger partial charge on any atom is -0.394 e. The predicted octanol–water partition coefficient (Wildman–Crippen LogP) is 1.86. The standard InChI is InChI=1S/C13H14F2N2O4/c14-9-4-5-10(17(20)21)12(15)11(9)13(19)16-6-2-1-3-8(16)7-18/h4-5,8,18H,1-3,6-7H2. The van der Waals surface area contributed by atoms with E-state index in [2.05, 4.69) is 0 Å². The molecule has 6 nitrogen and oxygen atoms in total. The summed E-state index contributed by atoms with van der Waals surface area (Å²) in [6.45, 7) is -0.0600. The van der Waals surface area contributed by atoms with Gasteiger partial charge in [-0.25, -0.2) is 4.39 Å². The second-order valence-corrected chi connectivity index (χ2v) is 4.84. The van der Waals surface area contributed by atoms with Gasteiger partial charge in [0.1, 0.15) is 11.4 Å². The van der Waals surface area contributed by atoms with E-state index in [1.165, 1.54) is 4.90 Å². The third-order valence-corrected chi connectivity index (χ3v) is 3.58. The number of piperidine rings is 1. The molecule has 0 spiro atoms. The van der Waals surface area contributed by atoms with E-state index in [-0.39, 0.29) is 13.2 Å². The summed E-state index contributed by atoms with van der Waals surface area (Å²) in [6, 6.07) is 0.859. The minimum atomic E-state index is -1.48. The second-order valence-electron chi connectivity index (χ2n) is 4.84. The maximum Gasteiger partial charge on any atom is 0.305 e. The van der Waals surface area contributed by atoms with Crippen molar-refractivity contribution in [1.82, 2.24) is 4.90 Å². The summed E-state index contributed by atoms with van der Waals surface area (Å²) in [5.74, 6) is -3.59. The van der Waals surface area contributed by atoms with Crippen molar-refractivity contribution in [2.75, 3.05) is 13.2 Å². The molecule has 1 amide bonds. The summed E-state index contributed by atoms with van der Waals surface area (Å²) in [5.41, 5.74) is -1.89. The Kier molecular flexibility index (Phi) is 4.46. The molecule has 1 aromatic carbocycles. The first-order chi connectivity index (χ1) is 9.97. The van der Waals surface area contributed by atoms with Crippen LogP contribution in [0.15, 0.2) is 12.1 Å². The molecule has 0 aromatic heterocycles. The molecule has 1 N–H and O–H groups in total. The van der Waals surface area contributed by atoms with E-state index < -0.39 is 39.8 Å². The molecular formula is C13H14F2N2O4. The number of halogens is 2. The quantitative estimate of drug-likeness (QED) is 0.682. The van der Waals surface area contributed by atoms with Crippen LogP contribution in [0.1, 0.15) is 29.6 Å². The van der Waals surface area contributed by atoms with Crippen molar-refractivity contribution in [3.05, 3.63) is 39.4 Å². The molecule has 0 bridgehead atoms. The molecule has 8 heteroatoms. The number of carbonyl (C=O) groups excluding carboxylic acids is 1. The van der Waals surface area contributed by atoms with Gasteiger partial charge in [0.25, 0.3) is 5.91 Å². The largest absolute Gasteiger partial charge is 0.394 e. The zero-order valence-electron chi connectivity index (χ0n) is 11.1. The number of hydrogen-bond acceptors (Lipinski definition) is 4. The van der Waals surface area contributed by atoms with Gasteiger partial charge in [0.05, 0.1) is 17.6 Å². The first-order valence-electron chi connectivity index (χ1n) is 6.51. The fourth-order valence-corrected chi connectivity index (χ4v) is 2.48. The maximum absolute atomic E-state index is 14.0. The van der Waals surface area contributed by atoms with Crippen LogP contribution in [0.4, 0.5) is 14.5 Å². The molecule has 1 unspecified atom stereocenters. The monoisotopic (exact) mass is 300 g/mol. The molecule has 2 rings (SSSR count). The van der Waals surface area contributed by atoms with Crippen LogP contribution in [0.2, 0.25) is 0 Å². The number of nitrogens with zero attached hydrogens (tertiary/aromatic N) is 2. The van der Waals surface area contributed by atoms with Crippen molar-refractivity contribution in [2.45, 2.75) is 25.3 Å². The zero-order valence-corrected chi connectivity index (χ0v) is 11.1. The van der Waals surface area contributed by atoms with Crippen LogP contribution < -0.4 is 0 Å². The highest BCUT2D eigenvalue weighted by molar-refractivity contribution is 5.95. The zero-order chi connectivity index (χ0) is 15.6. The molecule has 114 valence electrons. The van der Waals surface area contributed by atoms with Crippen LogP contribution in [0.3, 0.4) is 0 Å². The lowest BCUT2D eigenvalue weighted by atomic mass is 10.0. The molecule has 1 saturated heterocycles. The van der Waals surface area contributed by atoms with Crippen LogP contribution in [0.25, 0.3) is 0 Å². The summed E-state index contributed by atoms with van der Waals surface area (Å²) >= 11 is 0. The third kappa shape index (κ3) is 2.85. The van der Waals surface area contributed by atoms with Crippen molar-refractivity contribution in [1.29, 1.82) is 0 Å². The van der Waals surface area contributed by atoms with Gasteiger partial charge >= 0.3 is 5.69 Å². The average Bonchev–Trinajstić information content (AvgIpc) is 2.46. The van der Waals surface area contributed by atoms with Gasteiger partial charge < -0.3 is 10.0 Å². The van der Waals surface area contributed by atoms with Gasteiger partial charge in [-0.05, 0) is 25.3 Å². The molecule has 0 saturated carbocycles. The van der Waals surface area contributed by atoms with Crippen LogP contribution in [-0.4, -0.2) is 40.0 Å². The average molecular weight is 300 g/mol. The second kappa shape index (κ2) is 6.13. The van der Waals surface area contributed by atoms with Gasteiger partial charge in [-0.3, -0.25) is 14.9 Å². The van der Waals surface area contributed by atoms with Crippen molar-refractivity contribution in [3.63, 3.8) is 0 Å². The number of carbonyl (C=O) groups is 1. The minimum absolute atomic E-state index is 0.256. The van der Waals surface area contributed by atoms with Crippen LogP contribution in [0.5, 0.6) is 0 Å². The van der Waals surface area contributed by atoms with E-state index in [1.54, 1.807) is 0 Å². The summed E-state index contributed by atoms with van der Waals surface area (Å²) in [5, 5.41) is 19.9. The van der Waals surface area contributed by atoms with Crippen molar-refractivity contribution in [2.24, 2.45) is 0 Å². The van der Waals surface area contributed by atoms with E-state index >= 15 is 0 Å². The molecule has 1 heterocycles. The SMILES string of the molecule is O=C(c1c(F)ccc([N+](=O)[O-])c1F)N1CCCCC1CO. The van der Waals surface area contributed by atoms with Crippen molar-refractivity contribution >= 4 is 11.6 Å². The summed E-state index contributed by atoms with van der Waals surface area (Å²) in [7, 11) is 0. The summed E-state index contributed by atoms with van der Waals surface area (Å²) in [4.78, 5) is 23.1. The molecular weight excluding hydrogens is 286 g/mol. The predicted molar refractivity (Wildman–Crippen MR) is 68.8 cm³/mol. The number of nitro benzene ring substituents is 1. The highest BCUT2D eigenvalue weighted by atomic mass is 19.1. The number of aliphatic hydroxyl groups is 1. The van der Waals surface area contributed by atoms with E-state index in [1.807, 2.05) is 0 Å². The van der Waals surface area contributed by atoms with E-state index in [4.69, 9.17) is 0 Å². The first-order valence-corrected chi connectivity index (χ1v) is 6.51.